The predicted octanol–water partition coefficient (Wildman–Crippen LogP) is 11.0. The van der Waals surface area contributed by atoms with E-state index in [1.165, 1.54) is 0 Å². The van der Waals surface area contributed by atoms with Gasteiger partial charge in [0.05, 0.1) is 53.4 Å². The SMILES string of the molecule is CCC(=O)c1cc(N2CN(c3cc(C(=O)CC)c(O)c(C(=O)CC)c3C(C)(C)C)CN(c3cc(C(=O)CC)c(O)c(C(=O)CC)c3C(C)(C)C)C2)c(C(C)(C)C)c(C(=O)CC)c1O. The van der Waals surface area contributed by atoms with Crippen molar-refractivity contribution >= 4 is 51.8 Å². The van der Waals surface area contributed by atoms with E-state index in [4.69, 9.17) is 0 Å². The third kappa shape index (κ3) is 9.55. The molecule has 0 spiro atoms. The van der Waals surface area contributed by atoms with Gasteiger partial charge in [0.2, 0.25) is 0 Å². The average Bonchev–Trinajstić information content (AvgIpc) is 3.22. The first kappa shape index (κ1) is 50.1. The number of nitrogens with zero attached hydrogens (tertiary/aromatic N) is 3. The van der Waals surface area contributed by atoms with Crippen LogP contribution in [0.2, 0.25) is 0 Å². The fraction of sp³-hybridized carbons (Fsp3) is 0.529. The van der Waals surface area contributed by atoms with Gasteiger partial charge < -0.3 is 30.0 Å². The Balaban J connectivity index is 2.35. The lowest BCUT2D eigenvalue weighted by atomic mass is 9.78. The van der Waals surface area contributed by atoms with Gasteiger partial charge in [-0.05, 0) is 51.1 Å². The van der Waals surface area contributed by atoms with Gasteiger partial charge in [0.1, 0.15) is 17.2 Å². The summed E-state index contributed by atoms with van der Waals surface area (Å²) in [4.78, 5) is 88.8. The Kier molecular flexibility index (Phi) is 14.9. The molecule has 1 fully saturated rings. The molecule has 0 bridgehead atoms. The number of rotatable bonds is 15. The number of carbonyl (C=O) groups excluding carboxylic acids is 6. The van der Waals surface area contributed by atoms with Crippen LogP contribution in [0.15, 0.2) is 18.2 Å². The first-order valence-electron chi connectivity index (χ1n) is 22.3. The highest BCUT2D eigenvalue weighted by molar-refractivity contribution is 6.11. The number of benzene rings is 3. The van der Waals surface area contributed by atoms with Crippen molar-refractivity contribution in [1.82, 2.24) is 0 Å². The Labute approximate surface area is 373 Å². The second kappa shape index (κ2) is 18.7. The number of carbonyl (C=O) groups is 6. The summed E-state index contributed by atoms with van der Waals surface area (Å²) in [6.07, 6.45) is 0.303. The van der Waals surface area contributed by atoms with E-state index in [-0.39, 0.29) is 144 Å². The van der Waals surface area contributed by atoms with Crippen molar-refractivity contribution < 1.29 is 44.1 Å². The van der Waals surface area contributed by atoms with Gasteiger partial charge in [-0.15, -0.1) is 0 Å². The molecule has 63 heavy (non-hydrogen) atoms. The summed E-state index contributed by atoms with van der Waals surface area (Å²) in [7, 11) is 0. The second-order valence-corrected chi connectivity index (χ2v) is 19.6. The fourth-order valence-electron chi connectivity index (χ4n) is 8.76. The minimum absolute atomic E-state index is 0.0145. The summed E-state index contributed by atoms with van der Waals surface area (Å²) in [5.41, 5.74) is 0.664. The lowest BCUT2D eigenvalue weighted by molar-refractivity contribution is 0.0965. The van der Waals surface area contributed by atoms with E-state index in [0.29, 0.717) is 33.8 Å². The number of phenols is 3. The first-order chi connectivity index (χ1) is 29.2. The summed E-state index contributed by atoms with van der Waals surface area (Å²) in [5.74, 6) is -3.33. The third-order valence-electron chi connectivity index (χ3n) is 11.8. The van der Waals surface area contributed by atoms with Crippen molar-refractivity contribution in [3.05, 3.63) is 68.3 Å². The molecule has 4 rings (SSSR count). The summed E-state index contributed by atoms with van der Waals surface area (Å²) in [6.45, 7) is 27.6. The van der Waals surface area contributed by atoms with E-state index in [0.717, 1.165) is 0 Å². The Morgan fingerprint density at radius 1 is 0.397 bits per heavy atom. The molecule has 0 aromatic heterocycles. The van der Waals surface area contributed by atoms with Crippen LogP contribution >= 0.6 is 0 Å². The highest BCUT2D eigenvalue weighted by atomic mass is 16.3. The molecule has 0 saturated carbocycles. The van der Waals surface area contributed by atoms with E-state index >= 15 is 0 Å². The Morgan fingerprint density at radius 2 is 0.587 bits per heavy atom. The average molecular weight is 868 g/mol. The number of hydrogen-bond acceptors (Lipinski definition) is 12. The van der Waals surface area contributed by atoms with Crippen LogP contribution in [0.25, 0.3) is 0 Å². The molecular weight excluding hydrogens is 799 g/mol. The lowest BCUT2D eigenvalue weighted by Gasteiger charge is -2.49. The largest absolute Gasteiger partial charge is 0.506 e. The van der Waals surface area contributed by atoms with E-state index in [1.54, 1.807) is 59.7 Å². The zero-order valence-corrected chi connectivity index (χ0v) is 40.2. The molecule has 3 N–H and O–H groups in total. The number of aromatic hydroxyl groups is 3. The van der Waals surface area contributed by atoms with E-state index < -0.39 is 16.2 Å². The molecule has 0 radical (unpaired) electrons. The maximum absolute atomic E-state index is 14.0. The Bertz CT molecular complexity index is 2090. The highest BCUT2D eigenvalue weighted by Crippen LogP contribution is 2.48. The maximum atomic E-state index is 14.0. The zero-order valence-electron chi connectivity index (χ0n) is 40.2. The molecule has 1 heterocycles. The van der Waals surface area contributed by atoms with Crippen molar-refractivity contribution in [1.29, 1.82) is 0 Å². The van der Waals surface area contributed by atoms with Gasteiger partial charge >= 0.3 is 0 Å². The quantitative estimate of drug-likeness (QED) is 0.124. The van der Waals surface area contributed by atoms with Crippen molar-refractivity contribution in [2.75, 3.05) is 34.7 Å². The summed E-state index contributed by atoms with van der Waals surface area (Å²) in [5, 5.41) is 35.4. The van der Waals surface area contributed by atoms with Crippen LogP contribution in [0.3, 0.4) is 0 Å². The number of ketones is 6. The molecule has 0 atom stereocenters. The molecular formula is C51H69N3O9. The molecule has 1 aliphatic rings. The molecule has 12 heteroatoms. The van der Waals surface area contributed by atoms with Crippen molar-refractivity contribution in [2.24, 2.45) is 0 Å². The van der Waals surface area contributed by atoms with Gasteiger partial charge in [0, 0.05) is 55.6 Å². The summed E-state index contributed by atoms with van der Waals surface area (Å²) < 4.78 is 0. The number of phenolic OH excluding ortho intramolecular Hbond substituents is 3. The third-order valence-corrected chi connectivity index (χ3v) is 11.8. The van der Waals surface area contributed by atoms with Crippen LogP contribution in [0.5, 0.6) is 17.2 Å². The maximum Gasteiger partial charge on any atom is 0.166 e. The molecule has 0 unspecified atom stereocenters. The van der Waals surface area contributed by atoms with Gasteiger partial charge in [-0.1, -0.05) is 104 Å². The van der Waals surface area contributed by atoms with Crippen LogP contribution in [0, 0.1) is 0 Å². The molecule has 3 aromatic carbocycles. The summed E-state index contributed by atoms with van der Waals surface area (Å²) in [6, 6.07) is 4.86. The van der Waals surface area contributed by atoms with Gasteiger partial charge in [-0.2, -0.15) is 0 Å². The monoisotopic (exact) mass is 868 g/mol. The number of Topliss-reactive ketones (excluding diaryl/α,β-unsaturated/α-hetero) is 6. The number of anilines is 3. The molecule has 12 nitrogen and oxygen atoms in total. The molecule has 1 saturated heterocycles. The van der Waals surface area contributed by atoms with E-state index in [2.05, 4.69) is 0 Å². The fourth-order valence-corrected chi connectivity index (χ4v) is 8.76. The van der Waals surface area contributed by atoms with Gasteiger partial charge in [-0.25, -0.2) is 0 Å². The van der Waals surface area contributed by atoms with Crippen molar-refractivity contribution in [3.8, 4) is 17.2 Å². The van der Waals surface area contributed by atoms with Crippen molar-refractivity contribution in [3.63, 3.8) is 0 Å². The van der Waals surface area contributed by atoms with Gasteiger partial charge in [0.15, 0.2) is 34.7 Å². The second-order valence-electron chi connectivity index (χ2n) is 19.6. The topological polar surface area (TPSA) is 173 Å². The lowest BCUT2D eigenvalue weighted by Crippen LogP contribution is -2.57. The normalized spacial score (nSPS) is 13.7. The highest BCUT2D eigenvalue weighted by Gasteiger charge is 2.40. The molecule has 0 amide bonds. The van der Waals surface area contributed by atoms with Crippen LogP contribution in [-0.2, 0) is 16.2 Å². The Morgan fingerprint density at radius 3 is 0.746 bits per heavy atom. The van der Waals surface area contributed by atoms with Crippen LogP contribution in [-0.4, -0.2) is 70.0 Å². The van der Waals surface area contributed by atoms with Gasteiger partial charge in [0.25, 0.3) is 0 Å². The smallest absolute Gasteiger partial charge is 0.166 e. The zero-order chi connectivity index (χ0) is 47.8. The molecule has 342 valence electrons. The first-order valence-corrected chi connectivity index (χ1v) is 22.3. The van der Waals surface area contributed by atoms with Crippen LogP contribution < -0.4 is 14.7 Å². The minimum atomic E-state index is -0.777. The number of hydrogen-bond donors (Lipinski definition) is 3. The summed E-state index contributed by atoms with van der Waals surface area (Å²) >= 11 is 0. The molecule has 3 aromatic rings. The molecule has 0 aliphatic carbocycles. The van der Waals surface area contributed by atoms with E-state index in [1.807, 2.05) is 77.0 Å². The minimum Gasteiger partial charge on any atom is -0.506 e. The van der Waals surface area contributed by atoms with Crippen LogP contribution in [0.4, 0.5) is 17.1 Å². The van der Waals surface area contributed by atoms with Crippen LogP contribution in [0.1, 0.15) is 221 Å². The predicted molar refractivity (Wildman–Crippen MR) is 250 cm³/mol. The van der Waals surface area contributed by atoms with E-state index in [9.17, 15) is 44.1 Å². The Hall–Kier alpha value is -5.52. The standard InChI is InChI=1S/C51H69N3O9/c1-16-34(55)28-22-31(43(49(7,8)9)40(46(28)61)37(58)19-4)52-25-53(32-23-29(35(56)17-2)47(62)41(38(59)20-5)44(32)50(10,11)12)27-54(26-52)33-24-30(36(57)18-3)48(63)42(39(60)21-6)45(33)51(13,14)15/h22-24,61-63H,16-21,25-27H2,1-15H3. The van der Waals surface area contributed by atoms with Gasteiger partial charge in [-0.3, -0.25) is 28.8 Å². The molecule has 1 aliphatic heterocycles. The van der Waals surface area contributed by atoms with Crippen molar-refractivity contribution in [2.45, 2.75) is 159 Å².